The molecular formula is C12H14ClN5O. The normalized spacial score (nSPS) is 10.4. The van der Waals surface area contributed by atoms with Crippen molar-refractivity contribution < 1.29 is 4.79 Å². The van der Waals surface area contributed by atoms with Crippen LogP contribution in [0.25, 0.3) is 0 Å². The Labute approximate surface area is 115 Å². The Hall–Kier alpha value is -1.92. The van der Waals surface area contributed by atoms with Gasteiger partial charge in [0, 0.05) is 29.9 Å². The van der Waals surface area contributed by atoms with Crippen molar-refractivity contribution in [2.75, 3.05) is 5.32 Å². The first-order chi connectivity index (χ1) is 9.17. The largest absolute Gasteiger partial charge is 0.326 e. The average molecular weight is 280 g/mol. The molecule has 0 unspecified atom stereocenters. The predicted molar refractivity (Wildman–Crippen MR) is 72.6 cm³/mol. The Morgan fingerprint density at radius 1 is 1.47 bits per heavy atom. The Balaban J connectivity index is 1.84. The van der Waals surface area contributed by atoms with Crippen molar-refractivity contribution in [3.63, 3.8) is 0 Å². The Bertz CT molecular complexity index is 569. The lowest BCUT2D eigenvalue weighted by molar-refractivity contribution is -0.116. The second kappa shape index (κ2) is 6.31. The van der Waals surface area contributed by atoms with Gasteiger partial charge in [-0.1, -0.05) is 22.9 Å². The highest BCUT2D eigenvalue weighted by Gasteiger charge is 2.05. The van der Waals surface area contributed by atoms with Crippen LogP contribution in [0, 0.1) is 0 Å². The Morgan fingerprint density at radius 2 is 2.32 bits per heavy atom. The van der Waals surface area contributed by atoms with Gasteiger partial charge in [0.25, 0.3) is 0 Å². The van der Waals surface area contributed by atoms with Gasteiger partial charge < -0.3 is 11.1 Å². The molecule has 1 aromatic heterocycles. The van der Waals surface area contributed by atoms with Crippen LogP contribution in [0.15, 0.2) is 30.5 Å². The van der Waals surface area contributed by atoms with E-state index < -0.39 is 0 Å². The number of aromatic nitrogens is 3. The first kappa shape index (κ1) is 13.5. The molecule has 19 heavy (non-hydrogen) atoms. The number of anilines is 1. The van der Waals surface area contributed by atoms with Gasteiger partial charge in [0.2, 0.25) is 5.91 Å². The Morgan fingerprint density at radius 3 is 3.00 bits per heavy atom. The summed E-state index contributed by atoms with van der Waals surface area (Å²) in [4.78, 5) is 11.7. The molecule has 1 amide bonds. The van der Waals surface area contributed by atoms with Gasteiger partial charge in [-0.05, 0) is 18.2 Å². The van der Waals surface area contributed by atoms with E-state index in [0.717, 1.165) is 0 Å². The van der Waals surface area contributed by atoms with E-state index in [4.69, 9.17) is 17.3 Å². The number of halogens is 1. The number of carbonyl (C=O) groups excluding carboxylic acids is 1. The van der Waals surface area contributed by atoms with E-state index in [1.807, 2.05) is 0 Å². The van der Waals surface area contributed by atoms with Gasteiger partial charge in [0.1, 0.15) is 0 Å². The molecule has 7 heteroatoms. The van der Waals surface area contributed by atoms with E-state index >= 15 is 0 Å². The molecule has 3 N–H and O–H groups in total. The number of rotatable bonds is 5. The molecule has 0 aliphatic heterocycles. The minimum Gasteiger partial charge on any atom is -0.326 e. The lowest BCUT2D eigenvalue weighted by atomic mass is 10.3. The van der Waals surface area contributed by atoms with Crippen molar-refractivity contribution in [1.82, 2.24) is 15.0 Å². The third-order valence-electron chi connectivity index (χ3n) is 2.47. The SMILES string of the molecule is NCc1cn(CCC(=O)Nc2cccc(Cl)c2)nn1. The van der Waals surface area contributed by atoms with Crippen molar-refractivity contribution in [1.29, 1.82) is 0 Å². The van der Waals surface area contributed by atoms with Crippen LogP contribution < -0.4 is 11.1 Å². The summed E-state index contributed by atoms with van der Waals surface area (Å²) in [6.45, 7) is 0.800. The van der Waals surface area contributed by atoms with Gasteiger partial charge in [-0.25, -0.2) is 0 Å². The number of amides is 1. The summed E-state index contributed by atoms with van der Waals surface area (Å²) >= 11 is 5.83. The highest BCUT2D eigenvalue weighted by molar-refractivity contribution is 6.30. The van der Waals surface area contributed by atoms with E-state index in [2.05, 4.69) is 15.6 Å². The molecule has 1 heterocycles. The van der Waals surface area contributed by atoms with E-state index in [0.29, 0.717) is 35.9 Å². The maximum atomic E-state index is 11.7. The lowest BCUT2D eigenvalue weighted by Gasteiger charge is -2.05. The number of nitrogens with two attached hydrogens (primary N) is 1. The lowest BCUT2D eigenvalue weighted by Crippen LogP contribution is -2.14. The fourth-order valence-electron chi connectivity index (χ4n) is 1.55. The molecule has 0 fully saturated rings. The molecule has 0 atom stereocenters. The second-order valence-electron chi connectivity index (χ2n) is 3.99. The standard InChI is InChI=1S/C12H14ClN5O/c13-9-2-1-3-10(6-9)15-12(19)4-5-18-8-11(7-14)16-17-18/h1-3,6,8H,4-5,7,14H2,(H,15,19). The topological polar surface area (TPSA) is 85.8 Å². The average Bonchev–Trinajstić information content (AvgIpc) is 2.84. The number of nitrogens with one attached hydrogen (secondary N) is 1. The third-order valence-corrected chi connectivity index (χ3v) is 2.71. The van der Waals surface area contributed by atoms with Crippen molar-refractivity contribution in [3.05, 3.63) is 41.2 Å². The van der Waals surface area contributed by atoms with E-state index in [9.17, 15) is 4.79 Å². The minimum atomic E-state index is -0.105. The summed E-state index contributed by atoms with van der Waals surface area (Å²) in [6, 6.07) is 7.01. The molecular weight excluding hydrogens is 266 g/mol. The quantitative estimate of drug-likeness (QED) is 0.867. The summed E-state index contributed by atoms with van der Waals surface area (Å²) in [6.07, 6.45) is 2.03. The molecule has 0 aliphatic carbocycles. The van der Waals surface area contributed by atoms with Crippen LogP contribution in [-0.4, -0.2) is 20.9 Å². The molecule has 0 saturated heterocycles. The summed E-state index contributed by atoms with van der Waals surface area (Å²) in [7, 11) is 0. The van der Waals surface area contributed by atoms with Crippen LogP contribution in [0.2, 0.25) is 5.02 Å². The molecule has 0 saturated carbocycles. The monoisotopic (exact) mass is 279 g/mol. The summed E-state index contributed by atoms with van der Waals surface area (Å²) in [5.41, 5.74) is 6.81. The van der Waals surface area contributed by atoms with Crippen LogP contribution in [0.3, 0.4) is 0 Å². The van der Waals surface area contributed by atoms with Crippen molar-refractivity contribution >= 4 is 23.2 Å². The van der Waals surface area contributed by atoms with Crippen molar-refractivity contribution in [2.45, 2.75) is 19.5 Å². The smallest absolute Gasteiger partial charge is 0.226 e. The summed E-state index contributed by atoms with van der Waals surface area (Å²) in [5.74, 6) is -0.105. The maximum Gasteiger partial charge on any atom is 0.226 e. The van der Waals surface area contributed by atoms with Gasteiger partial charge >= 0.3 is 0 Å². The number of hydrogen-bond acceptors (Lipinski definition) is 4. The maximum absolute atomic E-state index is 11.7. The van der Waals surface area contributed by atoms with Crippen LogP contribution in [0.1, 0.15) is 12.1 Å². The fraction of sp³-hybridized carbons (Fsp3) is 0.250. The molecule has 0 spiro atoms. The van der Waals surface area contributed by atoms with Crippen LogP contribution >= 0.6 is 11.6 Å². The molecule has 100 valence electrons. The number of hydrogen-bond donors (Lipinski definition) is 2. The van der Waals surface area contributed by atoms with Gasteiger partial charge in [-0.3, -0.25) is 9.48 Å². The third kappa shape index (κ3) is 4.04. The zero-order valence-corrected chi connectivity index (χ0v) is 11.0. The predicted octanol–water partition coefficient (Wildman–Crippen LogP) is 1.42. The minimum absolute atomic E-state index is 0.105. The van der Waals surface area contributed by atoms with Crippen LogP contribution in [0.4, 0.5) is 5.69 Å². The molecule has 1 aromatic carbocycles. The molecule has 0 bridgehead atoms. The first-order valence-corrected chi connectivity index (χ1v) is 6.19. The van der Waals surface area contributed by atoms with Gasteiger partial charge in [0.05, 0.1) is 12.2 Å². The fourth-order valence-corrected chi connectivity index (χ4v) is 1.74. The van der Waals surface area contributed by atoms with Crippen LogP contribution in [0.5, 0.6) is 0 Å². The molecule has 2 rings (SSSR count). The molecule has 0 radical (unpaired) electrons. The molecule has 0 aliphatic rings. The van der Waals surface area contributed by atoms with E-state index in [1.165, 1.54) is 0 Å². The van der Waals surface area contributed by atoms with E-state index in [-0.39, 0.29) is 5.91 Å². The van der Waals surface area contributed by atoms with Crippen molar-refractivity contribution in [3.8, 4) is 0 Å². The highest BCUT2D eigenvalue weighted by atomic mass is 35.5. The number of benzene rings is 1. The highest BCUT2D eigenvalue weighted by Crippen LogP contribution is 2.14. The number of carbonyl (C=O) groups is 1. The van der Waals surface area contributed by atoms with Gasteiger partial charge in [-0.2, -0.15) is 0 Å². The Kier molecular flexibility index (Phi) is 4.48. The van der Waals surface area contributed by atoms with Crippen molar-refractivity contribution in [2.24, 2.45) is 5.73 Å². The summed E-state index contributed by atoms with van der Waals surface area (Å²) < 4.78 is 1.60. The first-order valence-electron chi connectivity index (χ1n) is 5.82. The van der Waals surface area contributed by atoms with Crippen LogP contribution in [-0.2, 0) is 17.9 Å². The zero-order valence-electron chi connectivity index (χ0n) is 10.2. The number of aryl methyl sites for hydroxylation is 1. The molecule has 6 nitrogen and oxygen atoms in total. The van der Waals surface area contributed by atoms with Gasteiger partial charge in [0.15, 0.2) is 0 Å². The number of nitrogens with zero attached hydrogens (tertiary/aromatic N) is 3. The van der Waals surface area contributed by atoms with E-state index in [1.54, 1.807) is 35.1 Å². The molecule has 2 aromatic rings. The zero-order chi connectivity index (χ0) is 13.7. The second-order valence-corrected chi connectivity index (χ2v) is 4.42. The summed E-state index contributed by atoms with van der Waals surface area (Å²) in [5, 5.41) is 11.1. The van der Waals surface area contributed by atoms with Gasteiger partial charge in [-0.15, -0.1) is 5.10 Å².